The summed E-state index contributed by atoms with van der Waals surface area (Å²) in [6.07, 6.45) is 0.705. The molecule has 2 N–H and O–H groups in total. The molecule has 0 amide bonds. The van der Waals surface area contributed by atoms with Gasteiger partial charge >= 0.3 is 5.97 Å². The van der Waals surface area contributed by atoms with Crippen molar-refractivity contribution in [2.45, 2.75) is 13.3 Å². The fourth-order valence-electron chi connectivity index (χ4n) is 3.16. The summed E-state index contributed by atoms with van der Waals surface area (Å²) < 4.78 is 5.16. The molecule has 7 nitrogen and oxygen atoms in total. The minimum Gasteiger partial charge on any atom is -0.507 e. The third-order valence-electron chi connectivity index (χ3n) is 4.81. The Labute approximate surface area is 195 Å². The summed E-state index contributed by atoms with van der Waals surface area (Å²) in [6.45, 7) is 2.21. The molecule has 0 spiro atoms. The van der Waals surface area contributed by atoms with Crippen LogP contribution in [0.2, 0.25) is 5.02 Å². The van der Waals surface area contributed by atoms with Gasteiger partial charge in [-0.15, -0.1) is 0 Å². The number of nitrogens with zero attached hydrogens (tertiary/aromatic N) is 3. The van der Waals surface area contributed by atoms with Gasteiger partial charge in [-0.1, -0.05) is 48.9 Å². The molecule has 0 aliphatic heterocycles. The predicted molar refractivity (Wildman–Crippen MR) is 125 cm³/mol. The van der Waals surface area contributed by atoms with Crippen LogP contribution in [0.15, 0.2) is 66.7 Å². The summed E-state index contributed by atoms with van der Waals surface area (Å²) in [5.41, 5.74) is 1.58. The SMILES string of the molecule is CCCOC(=O)c1ccc(-c2nc(-c3ccccc3O)nc(-c3ccccc3O)n2)cc1Cl. The van der Waals surface area contributed by atoms with Crippen LogP contribution in [0, 0.1) is 0 Å². The zero-order chi connectivity index (χ0) is 23.4. The molecule has 33 heavy (non-hydrogen) atoms. The van der Waals surface area contributed by atoms with E-state index < -0.39 is 5.97 Å². The Morgan fingerprint density at radius 3 is 1.91 bits per heavy atom. The highest BCUT2D eigenvalue weighted by Crippen LogP contribution is 2.33. The lowest BCUT2D eigenvalue weighted by atomic mass is 10.1. The molecule has 8 heteroatoms. The second kappa shape index (κ2) is 9.67. The Morgan fingerprint density at radius 2 is 1.39 bits per heavy atom. The van der Waals surface area contributed by atoms with Gasteiger partial charge in [-0.05, 0) is 42.8 Å². The lowest BCUT2D eigenvalue weighted by molar-refractivity contribution is 0.0505. The fourth-order valence-corrected chi connectivity index (χ4v) is 3.42. The van der Waals surface area contributed by atoms with Crippen LogP contribution >= 0.6 is 11.6 Å². The molecule has 0 fully saturated rings. The number of halogens is 1. The molecular weight excluding hydrogens is 442 g/mol. The number of aromatic hydroxyl groups is 2. The standard InChI is InChI=1S/C25H20ClN3O4/c1-2-13-33-25(32)16-12-11-15(14-19(16)26)22-27-23(17-7-3-5-9-20(17)30)29-24(28-22)18-8-4-6-10-21(18)31/h3-12,14,30-31H,2,13H2,1H3. The number of phenolic OH excluding ortho intramolecular Hbond substituents is 2. The summed E-state index contributed by atoms with van der Waals surface area (Å²) in [6, 6.07) is 18.1. The number of phenols is 2. The lowest BCUT2D eigenvalue weighted by Crippen LogP contribution is -2.07. The van der Waals surface area contributed by atoms with E-state index in [0.717, 1.165) is 0 Å². The molecule has 0 saturated heterocycles. The number of benzene rings is 3. The normalized spacial score (nSPS) is 10.7. The molecule has 4 aromatic rings. The molecule has 3 aromatic carbocycles. The van der Waals surface area contributed by atoms with E-state index in [-0.39, 0.29) is 39.6 Å². The van der Waals surface area contributed by atoms with Crippen LogP contribution in [-0.2, 0) is 4.74 Å². The van der Waals surface area contributed by atoms with Crippen LogP contribution in [0.5, 0.6) is 11.5 Å². The van der Waals surface area contributed by atoms with Gasteiger partial charge in [-0.3, -0.25) is 0 Å². The van der Waals surface area contributed by atoms with Gasteiger partial charge < -0.3 is 14.9 Å². The van der Waals surface area contributed by atoms with Gasteiger partial charge in [0.15, 0.2) is 17.5 Å². The number of carbonyl (C=O) groups excluding carboxylic acids is 1. The largest absolute Gasteiger partial charge is 0.507 e. The number of aromatic nitrogens is 3. The van der Waals surface area contributed by atoms with Gasteiger partial charge in [-0.25, -0.2) is 19.7 Å². The van der Waals surface area contributed by atoms with E-state index in [1.54, 1.807) is 54.6 Å². The third kappa shape index (κ3) is 4.78. The minimum atomic E-state index is -0.506. The van der Waals surface area contributed by atoms with Gasteiger partial charge in [0.2, 0.25) is 0 Å². The van der Waals surface area contributed by atoms with Gasteiger partial charge in [0, 0.05) is 5.56 Å². The van der Waals surface area contributed by atoms with Gasteiger partial charge in [-0.2, -0.15) is 0 Å². The molecule has 4 rings (SSSR count). The zero-order valence-electron chi connectivity index (χ0n) is 17.7. The first-order chi connectivity index (χ1) is 16.0. The topological polar surface area (TPSA) is 105 Å². The second-order valence-corrected chi connectivity index (χ2v) is 7.58. The molecule has 0 saturated carbocycles. The maximum Gasteiger partial charge on any atom is 0.339 e. The van der Waals surface area contributed by atoms with E-state index in [1.165, 1.54) is 12.1 Å². The van der Waals surface area contributed by atoms with Crippen LogP contribution in [0.25, 0.3) is 34.2 Å². The van der Waals surface area contributed by atoms with Crippen molar-refractivity contribution in [1.82, 2.24) is 15.0 Å². The summed E-state index contributed by atoms with van der Waals surface area (Å²) in [5, 5.41) is 20.9. The highest BCUT2D eigenvalue weighted by Gasteiger charge is 2.18. The van der Waals surface area contributed by atoms with E-state index in [4.69, 9.17) is 16.3 Å². The minimum absolute atomic E-state index is 0.00457. The van der Waals surface area contributed by atoms with Crippen molar-refractivity contribution >= 4 is 17.6 Å². The molecule has 0 radical (unpaired) electrons. The van der Waals surface area contributed by atoms with Crippen molar-refractivity contribution in [3.8, 4) is 45.7 Å². The number of para-hydroxylation sites is 2. The molecule has 0 aliphatic carbocycles. The fraction of sp³-hybridized carbons (Fsp3) is 0.120. The Bertz CT molecular complexity index is 1260. The van der Waals surface area contributed by atoms with Crippen molar-refractivity contribution in [3.05, 3.63) is 77.3 Å². The first-order valence-electron chi connectivity index (χ1n) is 10.3. The zero-order valence-corrected chi connectivity index (χ0v) is 18.5. The molecule has 166 valence electrons. The van der Waals surface area contributed by atoms with Gasteiger partial charge in [0.25, 0.3) is 0 Å². The lowest BCUT2D eigenvalue weighted by Gasteiger charge is -2.11. The van der Waals surface area contributed by atoms with Crippen LogP contribution in [0.4, 0.5) is 0 Å². The first kappa shape index (κ1) is 22.2. The molecule has 0 aliphatic rings. The maximum absolute atomic E-state index is 12.2. The summed E-state index contributed by atoms with van der Waals surface area (Å²) in [7, 11) is 0. The molecule has 1 heterocycles. The van der Waals surface area contributed by atoms with Crippen LogP contribution in [0.3, 0.4) is 0 Å². The highest BCUT2D eigenvalue weighted by atomic mass is 35.5. The Morgan fingerprint density at radius 1 is 0.848 bits per heavy atom. The Balaban J connectivity index is 1.85. The quantitative estimate of drug-likeness (QED) is 0.365. The average Bonchev–Trinajstić information content (AvgIpc) is 2.82. The van der Waals surface area contributed by atoms with Crippen molar-refractivity contribution in [3.63, 3.8) is 0 Å². The predicted octanol–water partition coefficient (Wildman–Crippen LogP) is 5.50. The number of rotatable bonds is 6. The second-order valence-electron chi connectivity index (χ2n) is 7.17. The molecule has 0 atom stereocenters. The average molecular weight is 462 g/mol. The van der Waals surface area contributed by atoms with Crippen LogP contribution in [0.1, 0.15) is 23.7 Å². The van der Waals surface area contributed by atoms with E-state index in [2.05, 4.69) is 15.0 Å². The number of esters is 1. The Hall–Kier alpha value is -3.97. The van der Waals surface area contributed by atoms with Crippen molar-refractivity contribution < 1.29 is 19.7 Å². The van der Waals surface area contributed by atoms with Gasteiger partial charge in [0.05, 0.1) is 28.3 Å². The molecular formula is C25H20ClN3O4. The van der Waals surface area contributed by atoms with Crippen molar-refractivity contribution in [2.24, 2.45) is 0 Å². The summed E-state index contributed by atoms with van der Waals surface area (Å²) in [5.74, 6) is 0.207. The number of ether oxygens (including phenoxy) is 1. The smallest absolute Gasteiger partial charge is 0.339 e. The summed E-state index contributed by atoms with van der Waals surface area (Å²) >= 11 is 6.37. The highest BCUT2D eigenvalue weighted by molar-refractivity contribution is 6.33. The number of hydrogen-bond donors (Lipinski definition) is 2. The maximum atomic E-state index is 12.2. The first-order valence-corrected chi connectivity index (χ1v) is 10.7. The Kier molecular flexibility index (Phi) is 6.51. The third-order valence-corrected chi connectivity index (χ3v) is 5.12. The van der Waals surface area contributed by atoms with Crippen molar-refractivity contribution in [2.75, 3.05) is 6.61 Å². The van der Waals surface area contributed by atoms with Gasteiger partial charge in [0.1, 0.15) is 11.5 Å². The van der Waals surface area contributed by atoms with E-state index in [1.807, 2.05) is 6.92 Å². The van der Waals surface area contributed by atoms with Crippen LogP contribution in [-0.4, -0.2) is 37.7 Å². The van der Waals surface area contributed by atoms with E-state index in [0.29, 0.717) is 29.7 Å². The monoisotopic (exact) mass is 461 g/mol. The van der Waals surface area contributed by atoms with E-state index >= 15 is 0 Å². The molecule has 1 aromatic heterocycles. The summed E-state index contributed by atoms with van der Waals surface area (Å²) in [4.78, 5) is 25.7. The van der Waals surface area contributed by atoms with E-state index in [9.17, 15) is 15.0 Å². The molecule has 0 bridgehead atoms. The van der Waals surface area contributed by atoms with Crippen LogP contribution < -0.4 is 0 Å². The molecule has 0 unspecified atom stereocenters. The number of carbonyl (C=O) groups is 1. The van der Waals surface area contributed by atoms with Crippen molar-refractivity contribution in [1.29, 1.82) is 0 Å². The number of hydrogen-bond acceptors (Lipinski definition) is 7.